The van der Waals surface area contributed by atoms with E-state index >= 15 is 0 Å². The van der Waals surface area contributed by atoms with Crippen LogP contribution in [-0.4, -0.2) is 30.1 Å². The van der Waals surface area contributed by atoms with E-state index < -0.39 is 18.4 Å². The lowest BCUT2D eigenvalue weighted by molar-refractivity contribution is 0.0910. The lowest BCUT2D eigenvalue weighted by atomic mass is 9.87. The number of alkyl carbamates (subject to hydrolysis) is 1. The third-order valence-corrected chi connectivity index (χ3v) is 4.89. The third-order valence-electron chi connectivity index (χ3n) is 4.89. The minimum atomic E-state index is -1.13. The van der Waals surface area contributed by atoms with E-state index in [1.54, 1.807) is 0 Å². The van der Waals surface area contributed by atoms with Crippen molar-refractivity contribution in [2.24, 2.45) is 11.1 Å². The van der Waals surface area contributed by atoms with Crippen LogP contribution in [0, 0.1) is 5.41 Å². The minimum absolute atomic E-state index is 0.00650. The Morgan fingerprint density at radius 2 is 1.63 bits per heavy atom. The average molecular weight is 368 g/mol. The molecule has 1 aliphatic carbocycles. The van der Waals surface area contributed by atoms with Gasteiger partial charge in [-0.05, 0) is 34.1 Å². The van der Waals surface area contributed by atoms with E-state index in [1.165, 1.54) is 11.1 Å². The second-order valence-electron chi connectivity index (χ2n) is 8.33. The summed E-state index contributed by atoms with van der Waals surface area (Å²) in [7, 11) is 0. The third kappa shape index (κ3) is 4.49. The monoisotopic (exact) mass is 368 g/mol. The molecule has 4 N–H and O–H groups in total. The summed E-state index contributed by atoms with van der Waals surface area (Å²) >= 11 is 0. The second-order valence-corrected chi connectivity index (χ2v) is 8.33. The Morgan fingerprint density at radius 1 is 1.11 bits per heavy atom. The van der Waals surface area contributed by atoms with Gasteiger partial charge in [-0.1, -0.05) is 69.3 Å². The van der Waals surface area contributed by atoms with Crippen molar-refractivity contribution in [3.63, 3.8) is 0 Å². The zero-order valence-electron chi connectivity index (χ0n) is 16.1. The number of hydrogen-bond acceptors (Lipinski definition) is 4. The first-order valence-corrected chi connectivity index (χ1v) is 9.31. The molecule has 0 bridgehead atoms. The number of benzene rings is 2. The van der Waals surface area contributed by atoms with Crippen molar-refractivity contribution >= 4 is 6.09 Å². The molecule has 27 heavy (non-hydrogen) atoms. The van der Waals surface area contributed by atoms with E-state index in [9.17, 15) is 9.90 Å². The second kappa shape index (κ2) is 7.71. The number of hydrogen-bond donors (Lipinski definition) is 3. The Morgan fingerprint density at radius 3 is 2.11 bits per heavy atom. The topological polar surface area (TPSA) is 84.6 Å². The maximum atomic E-state index is 12.3. The molecular formula is C22H28N2O3. The van der Waals surface area contributed by atoms with Crippen molar-refractivity contribution in [2.75, 3.05) is 6.61 Å². The highest BCUT2D eigenvalue weighted by Gasteiger charge is 2.30. The van der Waals surface area contributed by atoms with Crippen molar-refractivity contribution in [3.05, 3.63) is 59.7 Å². The quantitative estimate of drug-likeness (QED) is 0.704. The van der Waals surface area contributed by atoms with Crippen LogP contribution in [0.5, 0.6) is 0 Å². The largest absolute Gasteiger partial charge is 0.449 e. The predicted octanol–water partition coefficient (Wildman–Crippen LogP) is 3.61. The number of aliphatic hydroxyl groups is 1. The lowest BCUT2D eigenvalue weighted by Crippen LogP contribution is -2.49. The molecular weight excluding hydrogens is 340 g/mol. The van der Waals surface area contributed by atoms with Gasteiger partial charge in [0, 0.05) is 5.92 Å². The van der Waals surface area contributed by atoms with Gasteiger partial charge in [-0.3, -0.25) is 0 Å². The molecule has 0 fully saturated rings. The van der Waals surface area contributed by atoms with E-state index in [4.69, 9.17) is 10.5 Å². The fraction of sp³-hybridized carbons (Fsp3) is 0.409. The number of nitrogens with two attached hydrogens (primary N) is 1. The standard InChI is InChI=1S/C22H28N2O3/c1-22(2,3)12-19(20(23)25)24-21(26)27-13-18-16-10-6-4-8-14(16)15-9-5-7-11-17(15)18/h4-11,18-20,25H,12-13,23H2,1-3H3,(H,24,26)/t19-,20?/m1/s1. The number of nitrogens with one attached hydrogen (secondary N) is 1. The Kier molecular flexibility index (Phi) is 5.53. The SMILES string of the molecule is CC(C)(C)C[C@@H](NC(=O)OCC1c2ccccc2-c2ccccc21)C(N)O. The maximum Gasteiger partial charge on any atom is 0.407 e. The Bertz CT molecular complexity index is 766. The van der Waals surface area contributed by atoms with E-state index in [2.05, 4.69) is 29.6 Å². The molecule has 2 aromatic rings. The van der Waals surface area contributed by atoms with E-state index in [-0.39, 0.29) is 17.9 Å². The zero-order chi connectivity index (χ0) is 19.6. The van der Waals surface area contributed by atoms with Crippen LogP contribution in [0.25, 0.3) is 11.1 Å². The minimum Gasteiger partial charge on any atom is -0.449 e. The van der Waals surface area contributed by atoms with Crippen LogP contribution < -0.4 is 11.1 Å². The Balaban J connectivity index is 1.69. The average Bonchev–Trinajstić information content (AvgIpc) is 2.92. The number of ether oxygens (including phenoxy) is 1. The number of carbonyl (C=O) groups excluding carboxylic acids is 1. The van der Waals surface area contributed by atoms with Crippen molar-refractivity contribution in [2.45, 2.75) is 45.4 Å². The van der Waals surface area contributed by atoms with Crippen molar-refractivity contribution < 1.29 is 14.6 Å². The van der Waals surface area contributed by atoms with Gasteiger partial charge in [0.25, 0.3) is 0 Å². The molecule has 144 valence electrons. The molecule has 0 saturated heterocycles. The van der Waals surface area contributed by atoms with Crippen LogP contribution in [0.1, 0.15) is 44.2 Å². The van der Waals surface area contributed by atoms with Gasteiger partial charge in [0.05, 0.1) is 6.04 Å². The highest BCUT2D eigenvalue weighted by Crippen LogP contribution is 2.44. The van der Waals surface area contributed by atoms with Gasteiger partial charge in [-0.15, -0.1) is 0 Å². The normalized spacial score (nSPS) is 15.6. The fourth-order valence-electron chi connectivity index (χ4n) is 3.71. The van der Waals surface area contributed by atoms with E-state index in [1.807, 2.05) is 45.0 Å². The molecule has 0 spiro atoms. The van der Waals surface area contributed by atoms with Gasteiger partial charge in [0.1, 0.15) is 12.8 Å². The van der Waals surface area contributed by atoms with Crippen LogP contribution in [0.2, 0.25) is 0 Å². The van der Waals surface area contributed by atoms with Crippen molar-refractivity contribution in [1.29, 1.82) is 0 Å². The first kappa shape index (κ1) is 19.4. The Hall–Kier alpha value is -2.37. The van der Waals surface area contributed by atoms with Gasteiger partial charge in [-0.2, -0.15) is 0 Å². The zero-order valence-corrected chi connectivity index (χ0v) is 16.1. The molecule has 0 saturated carbocycles. The first-order chi connectivity index (χ1) is 12.8. The Labute approximate surface area is 160 Å². The van der Waals surface area contributed by atoms with Crippen LogP contribution in [0.3, 0.4) is 0 Å². The summed E-state index contributed by atoms with van der Waals surface area (Å²) in [6.07, 6.45) is -1.14. The van der Waals surface area contributed by atoms with E-state index in [0.717, 1.165) is 11.1 Å². The first-order valence-electron chi connectivity index (χ1n) is 9.31. The summed E-state index contributed by atoms with van der Waals surface area (Å²) < 4.78 is 5.52. The van der Waals surface area contributed by atoms with Gasteiger partial charge in [0.2, 0.25) is 0 Å². The number of fused-ring (bicyclic) bond motifs is 3. The van der Waals surface area contributed by atoms with Crippen molar-refractivity contribution in [1.82, 2.24) is 5.32 Å². The number of rotatable bonds is 5. The summed E-state index contributed by atoms with van der Waals surface area (Å²) in [5, 5.41) is 12.5. The van der Waals surface area contributed by atoms with Crippen LogP contribution >= 0.6 is 0 Å². The maximum absolute atomic E-state index is 12.3. The molecule has 2 aromatic carbocycles. The molecule has 1 aliphatic rings. The van der Waals surface area contributed by atoms with Gasteiger partial charge >= 0.3 is 6.09 Å². The lowest BCUT2D eigenvalue weighted by Gasteiger charge is -2.28. The molecule has 1 amide bonds. The van der Waals surface area contributed by atoms with Crippen molar-refractivity contribution in [3.8, 4) is 11.1 Å². The van der Waals surface area contributed by atoms with E-state index in [0.29, 0.717) is 6.42 Å². The van der Waals surface area contributed by atoms with Gasteiger partial charge in [-0.25, -0.2) is 4.79 Å². The summed E-state index contributed by atoms with van der Waals surface area (Å²) in [6, 6.07) is 15.8. The molecule has 5 nitrogen and oxygen atoms in total. The number of carbonyl (C=O) groups is 1. The molecule has 0 aromatic heterocycles. The molecule has 0 aliphatic heterocycles. The van der Waals surface area contributed by atoms with Crippen LogP contribution in [-0.2, 0) is 4.74 Å². The molecule has 0 radical (unpaired) electrons. The summed E-state index contributed by atoms with van der Waals surface area (Å²) in [5.41, 5.74) is 10.2. The summed E-state index contributed by atoms with van der Waals surface area (Å²) in [6.45, 7) is 6.33. The number of amides is 1. The highest BCUT2D eigenvalue weighted by atomic mass is 16.5. The molecule has 5 heteroatoms. The van der Waals surface area contributed by atoms with Crippen LogP contribution in [0.15, 0.2) is 48.5 Å². The predicted molar refractivity (Wildman–Crippen MR) is 106 cm³/mol. The fourth-order valence-corrected chi connectivity index (χ4v) is 3.71. The number of aliphatic hydroxyl groups excluding tert-OH is 1. The highest BCUT2D eigenvalue weighted by molar-refractivity contribution is 5.79. The summed E-state index contributed by atoms with van der Waals surface area (Å²) in [5.74, 6) is 0.00650. The van der Waals surface area contributed by atoms with Gasteiger partial charge in [0.15, 0.2) is 0 Å². The van der Waals surface area contributed by atoms with Crippen LogP contribution in [0.4, 0.5) is 4.79 Å². The van der Waals surface area contributed by atoms with Gasteiger partial charge < -0.3 is 20.9 Å². The molecule has 0 heterocycles. The molecule has 1 unspecified atom stereocenters. The molecule has 2 atom stereocenters. The summed E-state index contributed by atoms with van der Waals surface area (Å²) in [4.78, 5) is 12.3. The smallest absolute Gasteiger partial charge is 0.407 e. The molecule has 3 rings (SSSR count).